The van der Waals surface area contributed by atoms with Crippen LogP contribution in [0.2, 0.25) is 0 Å². The van der Waals surface area contributed by atoms with Crippen LogP contribution >= 0.6 is 0 Å². The Morgan fingerprint density at radius 1 is 1.11 bits per heavy atom. The molecule has 0 saturated heterocycles. The molecule has 1 N–H and O–H groups in total. The molecule has 0 aliphatic carbocycles. The highest BCUT2D eigenvalue weighted by Crippen LogP contribution is 2.19. The number of pyridine rings is 1. The third kappa shape index (κ3) is 2.38. The zero-order chi connectivity index (χ0) is 13.1. The van der Waals surface area contributed by atoms with Crippen LogP contribution in [0.5, 0.6) is 0 Å². The molecule has 2 aromatic heterocycles. The zero-order valence-corrected chi connectivity index (χ0v) is 10.7. The summed E-state index contributed by atoms with van der Waals surface area (Å²) in [6.45, 7) is 2.79. The van der Waals surface area contributed by atoms with E-state index in [0.717, 1.165) is 23.3 Å². The van der Waals surface area contributed by atoms with Gasteiger partial charge in [-0.05, 0) is 36.2 Å². The van der Waals surface area contributed by atoms with Crippen molar-refractivity contribution in [1.29, 1.82) is 0 Å². The molecule has 0 atom stereocenters. The molecule has 0 amide bonds. The summed E-state index contributed by atoms with van der Waals surface area (Å²) in [5.74, 6) is 0.863. The van der Waals surface area contributed by atoms with Crippen molar-refractivity contribution < 1.29 is 0 Å². The fraction of sp³-hybridized carbons (Fsp3) is 0.133. The van der Waals surface area contributed by atoms with E-state index >= 15 is 0 Å². The number of hydrogen-bond donors (Lipinski definition) is 1. The van der Waals surface area contributed by atoms with Crippen LogP contribution in [-0.4, -0.2) is 15.0 Å². The van der Waals surface area contributed by atoms with Gasteiger partial charge >= 0.3 is 0 Å². The first-order valence-corrected chi connectivity index (χ1v) is 6.18. The first kappa shape index (κ1) is 11.6. The highest BCUT2D eigenvalue weighted by molar-refractivity contribution is 5.88. The average Bonchev–Trinajstić information content (AvgIpc) is 2.46. The SMILES string of the molecule is Cc1cnccc1CNc1ncnc2ccccc12. The molecule has 0 unspecified atom stereocenters. The van der Waals surface area contributed by atoms with E-state index in [1.54, 1.807) is 6.33 Å². The molecule has 1 aromatic carbocycles. The molecule has 4 nitrogen and oxygen atoms in total. The Kier molecular flexibility index (Phi) is 3.06. The molecule has 2 heterocycles. The summed E-state index contributed by atoms with van der Waals surface area (Å²) in [4.78, 5) is 12.7. The van der Waals surface area contributed by atoms with Crippen molar-refractivity contribution in [3.05, 3.63) is 60.2 Å². The van der Waals surface area contributed by atoms with Crippen LogP contribution in [-0.2, 0) is 6.54 Å². The molecule has 0 fully saturated rings. The molecular formula is C15H14N4. The minimum absolute atomic E-state index is 0.732. The number of rotatable bonds is 3. The van der Waals surface area contributed by atoms with Crippen molar-refractivity contribution in [3.63, 3.8) is 0 Å². The third-order valence-corrected chi connectivity index (χ3v) is 3.13. The van der Waals surface area contributed by atoms with Gasteiger partial charge in [0.05, 0.1) is 5.52 Å². The van der Waals surface area contributed by atoms with Gasteiger partial charge in [-0.2, -0.15) is 0 Å². The van der Waals surface area contributed by atoms with Gasteiger partial charge in [0.1, 0.15) is 12.1 Å². The van der Waals surface area contributed by atoms with Crippen molar-refractivity contribution in [2.75, 3.05) is 5.32 Å². The Morgan fingerprint density at radius 2 is 2.00 bits per heavy atom. The van der Waals surface area contributed by atoms with E-state index in [1.165, 1.54) is 11.1 Å². The Balaban J connectivity index is 1.88. The van der Waals surface area contributed by atoms with Gasteiger partial charge in [0, 0.05) is 24.3 Å². The predicted molar refractivity (Wildman–Crippen MR) is 75.8 cm³/mol. The number of hydrogen-bond acceptors (Lipinski definition) is 4. The van der Waals surface area contributed by atoms with Gasteiger partial charge in [-0.3, -0.25) is 4.98 Å². The van der Waals surface area contributed by atoms with Gasteiger partial charge in [-0.1, -0.05) is 12.1 Å². The van der Waals surface area contributed by atoms with Crippen LogP contribution in [0, 0.1) is 6.92 Å². The fourth-order valence-electron chi connectivity index (χ4n) is 2.03. The number of nitrogens with zero attached hydrogens (tertiary/aromatic N) is 3. The Hall–Kier alpha value is -2.49. The molecule has 94 valence electrons. The average molecular weight is 250 g/mol. The van der Waals surface area contributed by atoms with E-state index in [2.05, 4.69) is 27.2 Å². The minimum atomic E-state index is 0.732. The molecule has 0 aliphatic heterocycles. The molecule has 3 rings (SSSR count). The molecule has 0 saturated carbocycles. The second kappa shape index (κ2) is 5.02. The smallest absolute Gasteiger partial charge is 0.137 e. The second-order valence-corrected chi connectivity index (χ2v) is 4.40. The summed E-state index contributed by atoms with van der Waals surface area (Å²) in [6, 6.07) is 10.0. The molecule has 0 spiro atoms. The van der Waals surface area contributed by atoms with Crippen molar-refractivity contribution in [2.45, 2.75) is 13.5 Å². The summed E-state index contributed by atoms with van der Waals surface area (Å²) in [7, 11) is 0. The maximum Gasteiger partial charge on any atom is 0.137 e. The lowest BCUT2D eigenvalue weighted by Crippen LogP contribution is -2.04. The van der Waals surface area contributed by atoms with Gasteiger partial charge in [0.25, 0.3) is 0 Å². The van der Waals surface area contributed by atoms with Crippen LogP contribution in [0.25, 0.3) is 10.9 Å². The quantitative estimate of drug-likeness (QED) is 0.776. The summed E-state index contributed by atoms with van der Waals surface area (Å²) in [5.41, 5.74) is 3.34. The van der Waals surface area contributed by atoms with E-state index in [0.29, 0.717) is 0 Å². The zero-order valence-electron chi connectivity index (χ0n) is 10.7. The minimum Gasteiger partial charge on any atom is -0.365 e. The highest BCUT2D eigenvalue weighted by Gasteiger charge is 2.03. The van der Waals surface area contributed by atoms with Gasteiger partial charge < -0.3 is 5.32 Å². The lowest BCUT2D eigenvalue weighted by atomic mass is 10.1. The normalized spacial score (nSPS) is 10.6. The Bertz CT molecular complexity index is 704. The third-order valence-electron chi connectivity index (χ3n) is 3.13. The lowest BCUT2D eigenvalue weighted by molar-refractivity contribution is 1.07. The fourth-order valence-corrected chi connectivity index (χ4v) is 2.03. The molecule has 0 radical (unpaired) electrons. The maximum absolute atomic E-state index is 4.31. The first-order valence-electron chi connectivity index (χ1n) is 6.18. The monoisotopic (exact) mass is 250 g/mol. The van der Waals surface area contributed by atoms with Crippen LogP contribution in [0.1, 0.15) is 11.1 Å². The Labute approximate surface area is 111 Å². The standard InChI is InChI=1S/C15H14N4/c1-11-8-16-7-6-12(11)9-17-15-13-4-2-3-5-14(13)18-10-19-15/h2-8,10H,9H2,1H3,(H,17,18,19). The van der Waals surface area contributed by atoms with E-state index in [-0.39, 0.29) is 0 Å². The maximum atomic E-state index is 4.31. The molecular weight excluding hydrogens is 236 g/mol. The lowest BCUT2D eigenvalue weighted by Gasteiger charge is -2.09. The van der Waals surface area contributed by atoms with Crippen molar-refractivity contribution in [3.8, 4) is 0 Å². The summed E-state index contributed by atoms with van der Waals surface area (Å²) in [5, 5.41) is 4.40. The van der Waals surface area contributed by atoms with Crippen LogP contribution < -0.4 is 5.32 Å². The Morgan fingerprint density at radius 3 is 2.89 bits per heavy atom. The van der Waals surface area contributed by atoms with Gasteiger partial charge in [-0.25, -0.2) is 9.97 Å². The largest absolute Gasteiger partial charge is 0.365 e. The summed E-state index contributed by atoms with van der Waals surface area (Å²) >= 11 is 0. The molecule has 19 heavy (non-hydrogen) atoms. The number of para-hydroxylation sites is 1. The molecule has 0 aliphatic rings. The van der Waals surface area contributed by atoms with Gasteiger partial charge in [0.2, 0.25) is 0 Å². The van der Waals surface area contributed by atoms with Crippen LogP contribution in [0.3, 0.4) is 0 Å². The highest BCUT2D eigenvalue weighted by atomic mass is 15.0. The molecule has 3 aromatic rings. The van der Waals surface area contributed by atoms with Crippen molar-refractivity contribution in [2.24, 2.45) is 0 Å². The van der Waals surface area contributed by atoms with Crippen molar-refractivity contribution in [1.82, 2.24) is 15.0 Å². The number of anilines is 1. The number of aryl methyl sites for hydroxylation is 1. The molecule has 0 bridgehead atoms. The van der Waals surface area contributed by atoms with Gasteiger partial charge in [0.15, 0.2) is 0 Å². The number of benzene rings is 1. The summed E-state index contributed by atoms with van der Waals surface area (Å²) < 4.78 is 0. The van der Waals surface area contributed by atoms with Crippen LogP contribution in [0.15, 0.2) is 49.1 Å². The number of aromatic nitrogens is 3. The van der Waals surface area contributed by atoms with E-state index < -0.39 is 0 Å². The van der Waals surface area contributed by atoms with Crippen LogP contribution in [0.4, 0.5) is 5.82 Å². The van der Waals surface area contributed by atoms with Gasteiger partial charge in [-0.15, -0.1) is 0 Å². The molecule has 4 heteroatoms. The first-order chi connectivity index (χ1) is 9.34. The summed E-state index contributed by atoms with van der Waals surface area (Å²) in [6.07, 6.45) is 5.27. The van der Waals surface area contributed by atoms with Crippen molar-refractivity contribution >= 4 is 16.7 Å². The topological polar surface area (TPSA) is 50.7 Å². The second-order valence-electron chi connectivity index (χ2n) is 4.40. The number of nitrogens with one attached hydrogen (secondary N) is 1. The van der Waals surface area contributed by atoms with E-state index in [1.807, 2.05) is 42.7 Å². The van der Waals surface area contributed by atoms with E-state index in [4.69, 9.17) is 0 Å². The predicted octanol–water partition coefficient (Wildman–Crippen LogP) is 2.95. The number of fused-ring (bicyclic) bond motifs is 1. The van der Waals surface area contributed by atoms with E-state index in [9.17, 15) is 0 Å².